The van der Waals surface area contributed by atoms with E-state index in [0.29, 0.717) is 16.0 Å². The molecule has 0 amide bonds. The van der Waals surface area contributed by atoms with Gasteiger partial charge in [0.1, 0.15) is 0 Å². The maximum atomic E-state index is 6.15. The molecule has 0 aliphatic rings. The van der Waals surface area contributed by atoms with E-state index in [9.17, 15) is 0 Å². The van der Waals surface area contributed by atoms with Crippen molar-refractivity contribution < 1.29 is 0 Å². The van der Waals surface area contributed by atoms with Crippen molar-refractivity contribution in [3.8, 4) is 0 Å². The van der Waals surface area contributed by atoms with Crippen molar-refractivity contribution in [1.29, 1.82) is 0 Å². The Morgan fingerprint density at radius 3 is 2.44 bits per heavy atom. The Hall–Kier alpha value is -1.35. The van der Waals surface area contributed by atoms with Gasteiger partial charge in [-0.3, -0.25) is 4.99 Å². The van der Waals surface area contributed by atoms with Gasteiger partial charge in [-0.2, -0.15) is 0 Å². The molecule has 2 N–H and O–H groups in total. The van der Waals surface area contributed by atoms with Gasteiger partial charge in [-0.05, 0) is 74.0 Å². The molecule has 2 aromatic rings. The minimum Gasteiger partial charge on any atom is -0.330 e. The Labute approximate surface area is 173 Å². The predicted octanol–water partition coefficient (Wildman–Crippen LogP) is 6.69. The average molecular weight is 405 g/mol. The van der Waals surface area contributed by atoms with Crippen LogP contribution < -0.4 is 5.73 Å². The molecule has 0 aliphatic carbocycles. The second-order valence-electron chi connectivity index (χ2n) is 6.92. The summed E-state index contributed by atoms with van der Waals surface area (Å²) in [6, 6.07) is 16.6. The molecular weight excluding hydrogens is 375 g/mol. The van der Waals surface area contributed by atoms with Crippen molar-refractivity contribution in [2.75, 3.05) is 13.1 Å². The normalized spacial score (nSPS) is 12.6. The molecule has 0 heterocycles. The van der Waals surface area contributed by atoms with Gasteiger partial charge in [0.2, 0.25) is 0 Å². The van der Waals surface area contributed by atoms with Crippen LogP contribution in [0.5, 0.6) is 0 Å². The highest BCUT2D eigenvalue weighted by molar-refractivity contribution is 6.42. The first kappa shape index (κ1) is 21.9. The molecule has 2 rings (SSSR count). The van der Waals surface area contributed by atoms with Crippen LogP contribution in [0.4, 0.5) is 0 Å². The second-order valence-corrected chi connectivity index (χ2v) is 7.74. The summed E-state index contributed by atoms with van der Waals surface area (Å²) >= 11 is 12.2. The highest BCUT2D eigenvalue weighted by Crippen LogP contribution is 2.27. The lowest BCUT2D eigenvalue weighted by Crippen LogP contribution is -2.02. The largest absolute Gasteiger partial charge is 0.330 e. The zero-order chi connectivity index (χ0) is 19.3. The summed E-state index contributed by atoms with van der Waals surface area (Å²) in [5.41, 5.74) is 8.11. The molecule has 0 aliphatic heterocycles. The molecule has 2 nitrogen and oxygen atoms in total. The average Bonchev–Trinajstić information content (AvgIpc) is 2.69. The standard InChI is InChI=1S/C23H30Cl2N2/c24-22-13-11-19(18-23(22)25)10-12-21(20-8-4-3-5-9-20)14-17-27-16-7-2-1-6-15-26/h3-5,8-9,11,13,17-18,21H,1-2,6-7,10,12,14-16,26H2. The number of hydrogen-bond acceptors (Lipinski definition) is 2. The molecule has 1 unspecified atom stereocenters. The van der Waals surface area contributed by atoms with Gasteiger partial charge in [0.15, 0.2) is 0 Å². The smallest absolute Gasteiger partial charge is 0.0595 e. The van der Waals surface area contributed by atoms with Crippen LogP contribution >= 0.6 is 23.2 Å². The maximum absolute atomic E-state index is 6.15. The van der Waals surface area contributed by atoms with Gasteiger partial charge >= 0.3 is 0 Å². The SMILES string of the molecule is NCCCCCCN=CCC(CCc1ccc(Cl)c(Cl)c1)c1ccccc1. The highest BCUT2D eigenvalue weighted by atomic mass is 35.5. The van der Waals surface area contributed by atoms with Gasteiger partial charge in [-0.1, -0.05) is 72.4 Å². The third kappa shape index (κ3) is 8.47. The fraction of sp³-hybridized carbons (Fsp3) is 0.435. The Kier molecular flexibility index (Phi) is 10.5. The van der Waals surface area contributed by atoms with E-state index in [2.05, 4.69) is 47.6 Å². The summed E-state index contributed by atoms with van der Waals surface area (Å²) in [4.78, 5) is 4.62. The van der Waals surface area contributed by atoms with Gasteiger partial charge in [-0.25, -0.2) is 0 Å². The molecule has 1 atom stereocenters. The van der Waals surface area contributed by atoms with Crippen LogP contribution in [-0.4, -0.2) is 19.3 Å². The number of benzene rings is 2. The van der Waals surface area contributed by atoms with Crippen LogP contribution in [0.3, 0.4) is 0 Å². The van der Waals surface area contributed by atoms with E-state index in [0.717, 1.165) is 45.2 Å². The number of nitrogens with two attached hydrogens (primary N) is 1. The van der Waals surface area contributed by atoms with E-state index in [1.165, 1.54) is 24.0 Å². The molecular formula is C23H30Cl2N2. The van der Waals surface area contributed by atoms with Crippen molar-refractivity contribution in [2.24, 2.45) is 10.7 Å². The lowest BCUT2D eigenvalue weighted by Gasteiger charge is -2.15. The summed E-state index contributed by atoms with van der Waals surface area (Å²) in [6.45, 7) is 1.71. The number of aliphatic imine (C=N–C) groups is 1. The molecule has 4 heteroatoms. The molecule has 0 saturated heterocycles. The third-order valence-electron chi connectivity index (χ3n) is 4.80. The molecule has 0 fully saturated rings. The van der Waals surface area contributed by atoms with Gasteiger partial charge in [0, 0.05) is 6.54 Å². The van der Waals surface area contributed by atoms with Gasteiger partial charge in [0.05, 0.1) is 10.0 Å². The van der Waals surface area contributed by atoms with E-state index >= 15 is 0 Å². The van der Waals surface area contributed by atoms with Crippen LogP contribution in [0.25, 0.3) is 0 Å². The monoisotopic (exact) mass is 404 g/mol. The molecule has 0 aromatic heterocycles. The first-order valence-electron chi connectivity index (χ1n) is 9.88. The van der Waals surface area contributed by atoms with Crippen LogP contribution in [0.15, 0.2) is 53.5 Å². The van der Waals surface area contributed by atoms with E-state index in [1.807, 2.05) is 12.1 Å². The number of rotatable bonds is 12. The minimum absolute atomic E-state index is 0.460. The van der Waals surface area contributed by atoms with Crippen molar-refractivity contribution >= 4 is 29.4 Å². The number of halogens is 2. The quantitative estimate of drug-likeness (QED) is 0.310. The fourth-order valence-electron chi connectivity index (χ4n) is 3.18. The second kappa shape index (κ2) is 12.9. The first-order valence-corrected chi connectivity index (χ1v) is 10.6. The summed E-state index contributed by atoms with van der Waals surface area (Å²) in [5, 5.41) is 1.24. The number of unbranched alkanes of at least 4 members (excludes halogenated alkanes) is 3. The number of nitrogens with zero attached hydrogens (tertiary/aromatic N) is 1. The Bertz CT molecular complexity index is 686. The molecule has 146 valence electrons. The van der Waals surface area contributed by atoms with Gasteiger partial charge in [-0.15, -0.1) is 0 Å². The molecule has 0 spiro atoms. The minimum atomic E-state index is 0.460. The summed E-state index contributed by atoms with van der Waals surface area (Å²) in [5.74, 6) is 0.460. The maximum Gasteiger partial charge on any atom is 0.0595 e. The predicted molar refractivity (Wildman–Crippen MR) is 119 cm³/mol. The summed E-state index contributed by atoms with van der Waals surface area (Å²) < 4.78 is 0. The van der Waals surface area contributed by atoms with Crippen molar-refractivity contribution in [2.45, 2.75) is 50.9 Å². The molecule has 0 radical (unpaired) electrons. The van der Waals surface area contributed by atoms with Crippen molar-refractivity contribution in [3.63, 3.8) is 0 Å². The van der Waals surface area contributed by atoms with Crippen LogP contribution in [-0.2, 0) is 6.42 Å². The van der Waals surface area contributed by atoms with E-state index in [4.69, 9.17) is 28.9 Å². The molecule has 0 bridgehead atoms. The number of aryl methyl sites for hydroxylation is 1. The van der Waals surface area contributed by atoms with Crippen molar-refractivity contribution in [3.05, 3.63) is 69.7 Å². The van der Waals surface area contributed by atoms with Gasteiger partial charge < -0.3 is 5.73 Å². The van der Waals surface area contributed by atoms with Crippen LogP contribution in [0.1, 0.15) is 55.6 Å². The Morgan fingerprint density at radius 1 is 0.926 bits per heavy atom. The molecule has 2 aromatic carbocycles. The van der Waals surface area contributed by atoms with E-state index in [1.54, 1.807) is 0 Å². The number of hydrogen-bond donors (Lipinski definition) is 1. The fourth-order valence-corrected chi connectivity index (χ4v) is 3.50. The topological polar surface area (TPSA) is 38.4 Å². The Balaban J connectivity index is 1.87. The van der Waals surface area contributed by atoms with Crippen LogP contribution in [0, 0.1) is 0 Å². The molecule has 27 heavy (non-hydrogen) atoms. The summed E-state index contributed by atoms with van der Waals surface area (Å²) in [6.07, 6.45) is 9.80. The lowest BCUT2D eigenvalue weighted by atomic mass is 9.90. The third-order valence-corrected chi connectivity index (χ3v) is 5.54. The van der Waals surface area contributed by atoms with E-state index < -0.39 is 0 Å². The summed E-state index contributed by atoms with van der Waals surface area (Å²) in [7, 11) is 0. The Morgan fingerprint density at radius 2 is 1.70 bits per heavy atom. The van der Waals surface area contributed by atoms with Gasteiger partial charge in [0.25, 0.3) is 0 Å². The zero-order valence-electron chi connectivity index (χ0n) is 15.9. The van der Waals surface area contributed by atoms with E-state index in [-0.39, 0.29) is 0 Å². The van der Waals surface area contributed by atoms with Crippen molar-refractivity contribution in [1.82, 2.24) is 0 Å². The lowest BCUT2D eigenvalue weighted by molar-refractivity contribution is 0.642. The molecule has 0 saturated carbocycles. The highest BCUT2D eigenvalue weighted by Gasteiger charge is 2.11. The zero-order valence-corrected chi connectivity index (χ0v) is 17.4. The first-order chi connectivity index (χ1) is 13.2. The van der Waals surface area contributed by atoms with Crippen LogP contribution in [0.2, 0.25) is 10.0 Å².